The first kappa shape index (κ1) is 18.7. The van der Waals surface area contributed by atoms with E-state index in [4.69, 9.17) is 16.3 Å². The largest absolute Gasteiger partial charge is 0.507 e. The van der Waals surface area contributed by atoms with E-state index < -0.39 is 5.91 Å². The summed E-state index contributed by atoms with van der Waals surface area (Å²) in [5.74, 6) is 0.0237. The van der Waals surface area contributed by atoms with Crippen molar-refractivity contribution in [1.82, 2.24) is 10.4 Å². The predicted octanol–water partition coefficient (Wildman–Crippen LogP) is 4.02. The fourth-order valence-electron chi connectivity index (χ4n) is 2.18. The molecule has 3 rings (SSSR count). The van der Waals surface area contributed by atoms with Crippen LogP contribution in [0.25, 0.3) is 0 Å². The maximum absolute atomic E-state index is 12.0. The van der Waals surface area contributed by atoms with Gasteiger partial charge in [-0.05, 0) is 24.3 Å². The van der Waals surface area contributed by atoms with E-state index in [2.05, 4.69) is 20.8 Å². The summed E-state index contributed by atoms with van der Waals surface area (Å²) in [4.78, 5) is 16.8. The second-order valence-electron chi connectivity index (χ2n) is 5.22. The predicted molar refractivity (Wildman–Crippen MR) is 107 cm³/mol. The highest BCUT2D eigenvalue weighted by molar-refractivity contribution is 7.17. The number of halogens is 1. The van der Waals surface area contributed by atoms with Crippen LogP contribution in [-0.2, 0) is 0 Å². The lowest BCUT2D eigenvalue weighted by Crippen LogP contribution is -2.17. The Morgan fingerprint density at radius 3 is 2.78 bits per heavy atom. The van der Waals surface area contributed by atoms with Crippen molar-refractivity contribution in [3.63, 3.8) is 0 Å². The first-order chi connectivity index (χ1) is 13.1. The molecule has 0 bridgehead atoms. The number of ether oxygens (including phenoxy) is 1. The van der Waals surface area contributed by atoms with Crippen molar-refractivity contribution in [1.29, 1.82) is 0 Å². The van der Waals surface area contributed by atoms with Gasteiger partial charge in [0, 0.05) is 0 Å². The van der Waals surface area contributed by atoms with E-state index >= 15 is 0 Å². The van der Waals surface area contributed by atoms with Gasteiger partial charge in [0.25, 0.3) is 5.91 Å². The zero-order chi connectivity index (χ0) is 19.2. The molecule has 0 aliphatic carbocycles. The number of anilines is 2. The number of rotatable bonds is 6. The van der Waals surface area contributed by atoms with E-state index in [1.807, 2.05) is 24.3 Å². The quantitative estimate of drug-likeness (QED) is 0.427. The zero-order valence-corrected chi connectivity index (χ0v) is 15.7. The Balaban J connectivity index is 1.69. The van der Waals surface area contributed by atoms with Crippen LogP contribution >= 0.6 is 22.9 Å². The zero-order valence-electron chi connectivity index (χ0n) is 14.1. The highest BCUT2D eigenvalue weighted by Crippen LogP contribution is 2.31. The number of methoxy groups -OCH3 is 1. The summed E-state index contributed by atoms with van der Waals surface area (Å²) in [5, 5.41) is 17.5. The SMILES string of the molecule is COc1ccccc1Nc1nc(Cl)c(/C=N/NC(=O)c2ccccc2O)s1. The van der Waals surface area contributed by atoms with Crippen molar-refractivity contribution in [2.75, 3.05) is 12.4 Å². The van der Waals surface area contributed by atoms with E-state index in [-0.39, 0.29) is 16.5 Å². The Labute approximate surface area is 164 Å². The monoisotopic (exact) mass is 402 g/mol. The molecule has 1 heterocycles. The molecule has 9 heteroatoms. The van der Waals surface area contributed by atoms with Gasteiger partial charge in [0.05, 0.1) is 29.5 Å². The van der Waals surface area contributed by atoms with Crippen molar-refractivity contribution in [3.05, 3.63) is 64.1 Å². The van der Waals surface area contributed by atoms with E-state index in [9.17, 15) is 9.90 Å². The summed E-state index contributed by atoms with van der Waals surface area (Å²) in [7, 11) is 1.58. The van der Waals surface area contributed by atoms with Crippen LogP contribution in [0.15, 0.2) is 53.6 Å². The van der Waals surface area contributed by atoms with Crippen LogP contribution in [0.4, 0.5) is 10.8 Å². The van der Waals surface area contributed by atoms with Crippen LogP contribution < -0.4 is 15.5 Å². The number of thiazole rings is 1. The Hall–Kier alpha value is -3.10. The van der Waals surface area contributed by atoms with Gasteiger partial charge < -0.3 is 15.2 Å². The second-order valence-corrected chi connectivity index (χ2v) is 6.60. The summed E-state index contributed by atoms with van der Waals surface area (Å²) in [5.41, 5.74) is 3.22. The van der Waals surface area contributed by atoms with Crippen LogP contribution in [0.5, 0.6) is 11.5 Å². The molecule has 0 unspecified atom stereocenters. The molecule has 138 valence electrons. The van der Waals surface area contributed by atoms with Crippen LogP contribution in [0.2, 0.25) is 5.15 Å². The molecule has 1 amide bonds. The number of hydrazone groups is 1. The summed E-state index contributed by atoms with van der Waals surface area (Å²) in [6.07, 6.45) is 1.39. The molecule has 7 nitrogen and oxygen atoms in total. The third kappa shape index (κ3) is 4.55. The maximum Gasteiger partial charge on any atom is 0.275 e. The van der Waals surface area contributed by atoms with Crippen LogP contribution in [0, 0.1) is 0 Å². The number of para-hydroxylation sites is 3. The highest BCUT2D eigenvalue weighted by Gasteiger charge is 2.11. The van der Waals surface area contributed by atoms with Gasteiger partial charge in [0.1, 0.15) is 11.5 Å². The third-order valence-electron chi connectivity index (χ3n) is 3.45. The standard InChI is InChI=1S/C18H15ClN4O3S/c1-26-14-9-5-3-7-12(14)21-18-22-16(19)15(27-18)10-20-23-17(25)11-6-2-4-8-13(11)24/h2-10,24H,1H3,(H,21,22)(H,23,25)/b20-10+. The number of carbonyl (C=O) groups excluding carboxylic acids is 1. The van der Waals surface area contributed by atoms with Crippen LogP contribution in [0.3, 0.4) is 0 Å². The molecular weight excluding hydrogens is 388 g/mol. The number of phenolic OH excluding ortho intramolecular Hbond substituents is 1. The van der Waals surface area contributed by atoms with Crippen molar-refractivity contribution in [2.24, 2.45) is 5.10 Å². The van der Waals surface area contributed by atoms with Crippen molar-refractivity contribution in [2.45, 2.75) is 0 Å². The van der Waals surface area contributed by atoms with Gasteiger partial charge >= 0.3 is 0 Å². The van der Waals surface area contributed by atoms with Gasteiger partial charge in [-0.25, -0.2) is 10.4 Å². The van der Waals surface area contributed by atoms with Gasteiger partial charge in [-0.15, -0.1) is 0 Å². The van der Waals surface area contributed by atoms with Crippen LogP contribution in [0.1, 0.15) is 15.2 Å². The van der Waals surface area contributed by atoms with Gasteiger partial charge in [-0.3, -0.25) is 4.79 Å². The first-order valence-corrected chi connectivity index (χ1v) is 8.95. The van der Waals surface area contributed by atoms with E-state index in [0.29, 0.717) is 15.8 Å². The van der Waals surface area contributed by atoms with Gasteiger partial charge in [0.15, 0.2) is 10.3 Å². The number of nitrogens with one attached hydrogen (secondary N) is 2. The van der Waals surface area contributed by atoms with Crippen molar-refractivity contribution in [3.8, 4) is 11.5 Å². The minimum atomic E-state index is -0.530. The smallest absolute Gasteiger partial charge is 0.275 e. The summed E-state index contributed by atoms with van der Waals surface area (Å²) in [6, 6.07) is 13.6. The molecule has 0 saturated carbocycles. The summed E-state index contributed by atoms with van der Waals surface area (Å²) >= 11 is 7.39. The molecule has 1 aromatic heterocycles. The van der Waals surface area contributed by atoms with E-state index in [1.165, 1.54) is 29.7 Å². The number of aromatic nitrogens is 1. The van der Waals surface area contributed by atoms with Gasteiger partial charge in [-0.1, -0.05) is 47.2 Å². The number of hydrogen-bond acceptors (Lipinski definition) is 7. The summed E-state index contributed by atoms with van der Waals surface area (Å²) < 4.78 is 5.28. The minimum Gasteiger partial charge on any atom is -0.507 e. The first-order valence-electron chi connectivity index (χ1n) is 7.76. The number of aromatic hydroxyl groups is 1. The molecule has 3 aromatic rings. The van der Waals surface area contributed by atoms with Gasteiger partial charge in [0.2, 0.25) is 0 Å². The molecule has 0 aliphatic rings. The Kier molecular flexibility index (Phi) is 5.90. The Morgan fingerprint density at radius 2 is 2.00 bits per heavy atom. The molecule has 0 aliphatic heterocycles. The lowest BCUT2D eigenvalue weighted by molar-refractivity contribution is 0.0952. The molecule has 27 heavy (non-hydrogen) atoms. The topological polar surface area (TPSA) is 95.8 Å². The number of benzene rings is 2. The highest BCUT2D eigenvalue weighted by atomic mass is 35.5. The molecule has 0 spiro atoms. The summed E-state index contributed by atoms with van der Waals surface area (Å²) in [6.45, 7) is 0. The second kappa shape index (κ2) is 8.52. The fourth-order valence-corrected chi connectivity index (χ4v) is 3.23. The molecule has 0 atom stereocenters. The number of amides is 1. The maximum atomic E-state index is 12.0. The average molecular weight is 403 g/mol. The Morgan fingerprint density at radius 1 is 1.26 bits per heavy atom. The van der Waals surface area contributed by atoms with E-state index in [1.54, 1.807) is 19.2 Å². The molecular formula is C18H15ClN4O3S. The average Bonchev–Trinajstić information content (AvgIpc) is 3.01. The van der Waals surface area contributed by atoms with Gasteiger partial charge in [-0.2, -0.15) is 5.10 Å². The third-order valence-corrected chi connectivity index (χ3v) is 4.76. The molecule has 3 N–H and O–H groups in total. The van der Waals surface area contributed by atoms with E-state index in [0.717, 1.165) is 5.69 Å². The number of hydrogen-bond donors (Lipinski definition) is 3. The van der Waals surface area contributed by atoms with Crippen molar-refractivity contribution < 1.29 is 14.6 Å². The minimum absolute atomic E-state index is 0.121. The molecule has 2 aromatic carbocycles. The Bertz CT molecular complexity index is 990. The lowest BCUT2D eigenvalue weighted by atomic mass is 10.2. The number of nitrogens with zero attached hydrogens (tertiary/aromatic N) is 2. The number of carbonyl (C=O) groups is 1. The fraction of sp³-hybridized carbons (Fsp3) is 0.0556. The van der Waals surface area contributed by atoms with Crippen molar-refractivity contribution >= 4 is 45.9 Å². The molecule has 0 radical (unpaired) electrons. The normalized spacial score (nSPS) is 10.7. The number of phenols is 1. The molecule has 0 fully saturated rings. The van der Waals surface area contributed by atoms with Crippen LogP contribution in [-0.4, -0.2) is 29.3 Å². The molecule has 0 saturated heterocycles. The lowest BCUT2D eigenvalue weighted by Gasteiger charge is -2.07.